The van der Waals surface area contributed by atoms with Crippen LogP contribution in [0.15, 0.2) is 6.07 Å². The number of carbonyl (C=O) groups is 1. The van der Waals surface area contributed by atoms with Gasteiger partial charge in [-0.15, -0.1) is 0 Å². The van der Waals surface area contributed by atoms with Crippen LogP contribution >= 0.6 is 0 Å². The molecule has 0 radical (unpaired) electrons. The van der Waals surface area contributed by atoms with Crippen LogP contribution in [0.25, 0.3) is 0 Å². The molecular weight excluding hydrogens is 296 g/mol. The van der Waals surface area contributed by atoms with Crippen molar-refractivity contribution in [3.8, 4) is 5.88 Å². The van der Waals surface area contributed by atoms with E-state index in [1.165, 1.54) is 0 Å². The smallest absolute Gasteiger partial charge is 0.251 e. The van der Waals surface area contributed by atoms with Gasteiger partial charge < -0.3 is 19.3 Å². The van der Waals surface area contributed by atoms with Gasteiger partial charge in [-0.05, 0) is 26.7 Å². The van der Waals surface area contributed by atoms with Gasteiger partial charge >= 0.3 is 0 Å². The van der Waals surface area contributed by atoms with Crippen molar-refractivity contribution < 1.29 is 14.3 Å². The number of hydrogen-bond donors (Lipinski definition) is 0. The SMILES string of the molecule is CCOc1cc(C)nc(N2CCN(C(=O)C3CCCO3)CC2)n1. The number of rotatable bonds is 4. The molecule has 126 valence electrons. The second kappa shape index (κ2) is 7.12. The van der Waals surface area contributed by atoms with Crippen LogP contribution in [-0.2, 0) is 9.53 Å². The number of carbonyl (C=O) groups excluding carboxylic acids is 1. The summed E-state index contributed by atoms with van der Waals surface area (Å²) in [7, 11) is 0. The first-order chi connectivity index (χ1) is 11.2. The minimum Gasteiger partial charge on any atom is -0.478 e. The van der Waals surface area contributed by atoms with Crippen LogP contribution in [-0.4, -0.2) is 66.3 Å². The zero-order valence-electron chi connectivity index (χ0n) is 13.8. The highest BCUT2D eigenvalue weighted by atomic mass is 16.5. The Balaban J connectivity index is 1.61. The molecule has 0 N–H and O–H groups in total. The molecule has 0 aliphatic carbocycles. The number of piperazine rings is 1. The molecule has 3 heterocycles. The van der Waals surface area contributed by atoms with Crippen LogP contribution < -0.4 is 9.64 Å². The third-order valence-corrected chi connectivity index (χ3v) is 4.19. The Labute approximate surface area is 136 Å². The van der Waals surface area contributed by atoms with Gasteiger partial charge in [0.2, 0.25) is 11.8 Å². The molecule has 0 saturated carbocycles. The fourth-order valence-corrected chi connectivity index (χ4v) is 2.99. The molecule has 0 aromatic carbocycles. The Morgan fingerprint density at radius 3 is 2.78 bits per heavy atom. The summed E-state index contributed by atoms with van der Waals surface area (Å²) in [5.74, 6) is 1.41. The maximum atomic E-state index is 12.4. The first-order valence-corrected chi connectivity index (χ1v) is 8.31. The van der Waals surface area contributed by atoms with Gasteiger partial charge in [0.1, 0.15) is 6.10 Å². The van der Waals surface area contributed by atoms with Crippen molar-refractivity contribution in [3.63, 3.8) is 0 Å². The van der Waals surface area contributed by atoms with Crippen molar-refractivity contribution in [1.29, 1.82) is 0 Å². The Kier molecular flexibility index (Phi) is 4.95. The van der Waals surface area contributed by atoms with Crippen molar-refractivity contribution in [2.24, 2.45) is 0 Å². The summed E-state index contributed by atoms with van der Waals surface area (Å²) in [5, 5.41) is 0. The summed E-state index contributed by atoms with van der Waals surface area (Å²) < 4.78 is 11.0. The van der Waals surface area contributed by atoms with E-state index < -0.39 is 0 Å². The Bertz CT molecular complexity index is 552. The van der Waals surface area contributed by atoms with Crippen molar-refractivity contribution in [1.82, 2.24) is 14.9 Å². The van der Waals surface area contributed by atoms with Gasteiger partial charge in [0, 0.05) is 44.5 Å². The lowest BCUT2D eigenvalue weighted by atomic mass is 10.2. The highest BCUT2D eigenvalue weighted by Crippen LogP contribution is 2.19. The molecule has 1 aromatic heterocycles. The summed E-state index contributed by atoms with van der Waals surface area (Å²) in [6, 6.07) is 1.84. The van der Waals surface area contributed by atoms with Crippen molar-refractivity contribution in [2.75, 3.05) is 44.3 Å². The first kappa shape index (κ1) is 16.0. The zero-order valence-corrected chi connectivity index (χ0v) is 13.8. The largest absolute Gasteiger partial charge is 0.478 e. The lowest BCUT2D eigenvalue weighted by molar-refractivity contribution is -0.141. The number of aromatic nitrogens is 2. The van der Waals surface area contributed by atoms with E-state index in [0.717, 1.165) is 31.6 Å². The molecule has 0 spiro atoms. The van der Waals surface area contributed by atoms with Crippen LogP contribution in [0.3, 0.4) is 0 Å². The topological polar surface area (TPSA) is 67.8 Å². The van der Waals surface area contributed by atoms with E-state index in [-0.39, 0.29) is 12.0 Å². The summed E-state index contributed by atoms with van der Waals surface area (Å²) in [6.07, 6.45) is 1.59. The number of aryl methyl sites for hydroxylation is 1. The summed E-state index contributed by atoms with van der Waals surface area (Å²) in [5.41, 5.74) is 0.885. The lowest BCUT2D eigenvalue weighted by Crippen LogP contribution is -2.51. The average molecular weight is 320 g/mol. The molecule has 23 heavy (non-hydrogen) atoms. The lowest BCUT2D eigenvalue weighted by Gasteiger charge is -2.35. The van der Waals surface area contributed by atoms with Gasteiger partial charge in [-0.2, -0.15) is 4.98 Å². The van der Waals surface area contributed by atoms with Crippen molar-refractivity contribution in [2.45, 2.75) is 32.8 Å². The van der Waals surface area contributed by atoms with Crippen LogP contribution in [0.2, 0.25) is 0 Å². The molecule has 1 atom stereocenters. The van der Waals surface area contributed by atoms with E-state index >= 15 is 0 Å². The van der Waals surface area contributed by atoms with Gasteiger partial charge in [-0.1, -0.05) is 0 Å². The van der Waals surface area contributed by atoms with E-state index in [1.54, 1.807) is 0 Å². The minimum absolute atomic E-state index is 0.127. The highest BCUT2D eigenvalue weighted by molar-refractivity contribution is 5.81. The van der Waals surface area contributed by atoms with E-state index in [4.69, 9.17) is 9.47 Å². The predicted octanol–water partition coefficient (Wildman–Crippen LogP) is 1.01. The maximum absolute atomic E-state index is 12.4. The number of anilines is 1. The highest BCUT2D eigenvalue weighted by Gasteiger charge is 2.30. The molecule has 2 aliphatic rings. The van der Waals surface area contributed by atoms with Crippen molar-refractivity contribution >= 4 is 11.9 Å². The van der Waals surface area contributed by atoms with Gasteiger partial charge in [0.25, 0.3) is 5.91 Å². The molecular formula is C16H24N4O3. The third-order valence-electron chi connectivity index (χ3n) is 4.19. The van der Waals surface area contributed by atoms with E-state index in [9.17, 15) is 4.79 Å². The van der Waals surface area contributed by atoms with Crippen LogP contribution in [0.4, 0.5) is 5.95 Å². The van der Waals surface area contributed by atoms with E-state index in [1.807, 2.05) is 24.8 Å². The molecule has 1 amide bonds. The molecule has 2 fully saturated rings. The average Bonchev–Trinajstić information content (AvgIpc) is 3.08. The molecule has 3 rings (SSSR count). The third kappa shape index (κ3) is 3.72. The summed E-state index contributed by atoms with van der Waals surface area (Å²) in [6.45, 7) is 7.98. The van der Waals surface area contributed by atoms with E-state index in [0.29, 0.717) is 38.1 Å². The summed E-state index contributed by atoms with van der Waals surface area (Å²) in [4.78, 5) is 25.3. The monoisotopic (exact) mass is 320 g/mol. The Hall–Kier alpha value is -1.89. The zero-order chi connectivity index (χ0) is 16.2. The van der Waals surface area contributed by atoms with Crippen LogP contribution in [0.1, 0.15) is 25.5 Å². The molecule has 2 saturated heterocycles. The minimum atomic E-state index is -0.235. The van der Waals surface area contributed by atoms with Gasteiger partial charge in [0.15, 0.2) is 0 Å². The quantitative estimate of drug-likeness (QED) is 0.825. The molecule has 7 nitrogen and oxygen atoms in total. The van der Waals surface area contributed by atoms with Crippen LogP contribution in [0.5, 0.6) is 5.88 Å². The van der Waals surface area contributed by atoms with Gasteiger partial charge in [-0.25, -0.2) is 4.98 Å². The van der Waals surface area contributed by atoms with Gasteiger partial charge in [-0.3, -0.25) is 4.79 Å². The number of hydrogen-bond acceptors (Lipinski definition) is 6. The second-order valence-electron chi connectivity index (χ2n) is 5.89. The fraction of sp³-hybridized carbons (Fsp3) is 0.688. The first-order valence-electron chi connectivity index (χ1n) is 8.31. The number of nitrogens with zero attached hydrogens (tertiary/aromatic N) is 4. The molecule has 1 unspecified atom stereocenters. The normalized spacial score (nSPS) is 21.6. The molecule has 1 aromatic rings. The predicted molar refractivity (Wildman–Crippen MR) is 85.7 cm³/mol. The van der Waals surface area contributed by atoms with Crippen LogP contribution in [0, 0.1) is 6.92 Å². The Morgan fingerprint density at radius 1 is 1.35 bits per heavy atom. The molecule has 2 aliphatic heterocycles. The van der Waals surface area contributed by atoms with Gasteiger partial charge in [0.05, 0.1) is 6.61 Å². The van der Waals surface area contributed by atoms with E-state index in [2.05, 4.69) is 14.9 Å². The summed E-state index contributed by atoms with van der Waals surface area (Å²) >= 11 is 0. The fourth-order valence-electron chi connectivity index (χ4n) is 2.99. The standard InChI is InChI=1S/C16H24N4O3/c1-3-22-14-11-12(2)17-16(18-14)20-8-6-19(7-9-20)15(21)13-5-4-10-23-13/h11,13H,3-10H2,1-2H3. The number of amides is 1. The maximum Gasteiger partial charge on any atom is 0.251 e. The molecule has 7 heteroatoms. The molecule has 0 bridgehead atoms. The second-order valence-corrected chi connectivity index (χ2v) is 5.89. The Morgan fingerprint density at radius 2 is 2.13 bits per heavy atom. The van der Waals surface area contributed by atoms with Crippen molar-refractivity contribution in [3.05, 3.63) is 11.8 Å². The number of ether oxygens (including phenoxy) is 2.